The van der Waals surface area contributed by atoms with Crippen LogP contribution < -0.4 is 10.6 Å². The molecule has 1 aromatic carbocycles. The van der Waals surface area contributed by atoms with Gasteiger partial charge in [-0.2, -0.15) is 5.10 Å². The number of benzene rings is 1. The Morgan fingerprint density at radius 3 is 2.83 bits per heavy atom. The Balaban J connectivity index is 0.00000192. The number of halogens is 1. The van der Waals surface area contributed by atoms with Crippen molar-refractivity contribution in [3.05, 3.63) is 52.3 Å². The van der Waals surface area contributed by atoms with Crippen molar-refractivity contribution in [1.82, 2.24) is 20.8 Å². The van der Waals surface area contributed by atoms with Crippen LogP contribution in [0.2, 0.25) is 0 Å². The van der Waals surface area contributed by atoms with Gasteiger partial charge < -0.3 is 10.6 Å². The fourth-order valence-electron chi connectivity index (χ4n) is 2.76. The number of rotatable bonds is 4. The Morgan fingerprint density at radius 1 is 1.35 bits per heavy atom. The van der Waals surface area contributed by atoms with Crippen molar-refractivity contribution in [2.75, 3.05) is 13.1 Å². The van der Waals surface area contributed by atoms with E-state index in [4.69, 9.17) is 0 Å². The van der Waals surface area contributed by atoms with Crippen molar-refractivity contribution < 1.29 is 4.79 Å². The average Bonchev–Trinajstić information content (AvgIpc) is 2.97. The van der Waals surface area contributed by atoms with Gasteiger partial charge in [-0.25, -0.2) is 0 Å². The number of nitrogens with zero attached hydrogens (tertiary/aromatic N) is 1. The minimum atomic E-state index is -0.0971. The number of aryl methyl sites for hydroxylation is 1. The first-order valence-corrected chi connectivity index (χ1v) is 7.76. The second kappa shape index (κ2) is 7.62. The molecule has 1 amide bonds. The molecule has 0 aliphatic carbocycles. The van der Waals surface area contributed by atoms with Gasteiger partial charge in [-0.05, 0) is 18.4 Å². The minimum absolute atomic E-state index is 0. The Bertz CT molecular complexity index is 666. The molecule has 0 saturated heterocycles. The van der Waals surface area contributed by atoms with Crippen molar-refractivity contribution in [3.63, 3.8) is 0 Å². The highest BCUT2D eigenvalue weighted by atomic mass is 35.5. The molecule has 0 spiro atoms. The molecule has 1 aliphatic heterocycles. The molecule has 23 heavy (non-hydrogen) atoms. The number of aromatic amines is 1. The lowest BCUT2D eigenvalue weighted by molar-refractivity contribution is 0.0945. The molecule has 2 heterocycles. The number of H-pyrrole nitrogens is 1. The first kappa shape index (κ1) is 17.5. The third-order valence-electron chi connectivity index (χ3n) is 4.24. The molecule has 0 fully saturated rings. The monoisotopic (exact) mass is 334 g/mol. The summed E-state index contributed by atoms with van der Waals surface area (Å²) in [5.74, 6) is 0.178. The van der Waals surface area contributed by atoms with Crippen LogP contribution in [-0.4, -0.2) is 29.2 Å². The number of nitrogens with one attached hydrogen (secondary N) is 3. The van der Waals surface area contributed by atoms with Gasteiger partial charge in [0, 0.05) is 37.3 Å². The van der Waals surface area contributed by atoms with Gasteiger partial charge >= 0.3 is 0 Å². The zero-order valence-corrected chi connectivity index (χ0v) is 14.3. The molecule has 1 atom stereocenters. The molecule has 2 aromatic rings. The van der Waals surface area contributed by atoms with Crippen LogP contribution in [0, 0.1) is 6.92 Å². The van der Waals surface area contributed by atoms with E-state index in [9.17, 15) is 4.79 Å². The Morgan fingerprint density at radius 2 is 2.09 bits per heavy atom. The third kappa shape index (κ3) is 3.92. The lowest BCUT2D eigenvalue weighted by Crippen LogP contribution is -2.30. The van der Waals surface area contributed by atoms with E-state index < -0.39 is 0 Å². The molecule has 0 radical (unpaired) electrons. The highest BCUT2D eigenvalue weighted by molar-refractivity contribution is 5.94. The fourth-order valence-corrected chi connectivity index (χ4v) is 2.76. The van der Waals surface area contributed by atoms with Crippen LogP contribution in [0.4, 0.5) is 0 Å². The van der Waals surface area contributed by atoms with Crippen LogP contribution in [0.5, 0.6) is 0 Å². The first-order chi connectivity index (χ1) is 10.6. The van der Waals surface area contributed by atoms with Crippen molar-refractivity contribution in [2.24, 2.45) is 0 Å². The van der Waals surface area contributed by atoms with E-state index in [-0.39, 0.29) is 24.2 Å². The Kier molecular flexibility index (Phi) is 5.80. The Labute approximate surface area is 142 Å². The average molecular weight is 335 g/mol. The fraction of sp³-hybridized carbons (Fsp3) is 0.412. The van der Waals surface area contributed by atoms with Gasteiger partial charge in [0.1, 0.15) is 0 Å². The molecule has 0 bridgehead atoms. The van der Waals surface area contributed by atoms with Crippen molar-refractivity contribution in [2.45, 2.75) is 32.7 Å². The standard InChI is InChI=1S/C17H22N4O.ClH/c1-11-3-5-13(6-4-11)12(2)9-19-17(22)16-14-10-18-8-7-15(14)20-21-16;/h3-6,12,18H,7-10H2,1-2H3,(H,19,22)(H,20,21);1H. The summed E-state index contributed by atoms with van der Waals surface area (Å²) in [6.07, 6.45) is 0.898. The number of hydrogen-bond acceptors (Lipinski definition) is 3. The van der Waals surface area contributed by atoms with Gasteiger partial charge in [-0.15, -0.1) is 12.4 Å². The van der Waals surface area contributed by atoms with Crippen LogP contribution in [0.1, 0.15) is 45.7 Å². The van der Waals surface area contributed by atoms with E-state index >= 15 is 0 Å². The number of fused-ring (bicyclic) bond motifs is 1. The second-order valence-electron chi connectivity index (χ2n) is 5.98. The van der Waals surface area contributed by atoms with Crippen LogP contribution in [0.15, 0.2) is 24.3 Å². The summed E-state index contributed by atoms with van der Waals surface area (Å²) >= 11 is 0. The summed E-state index contributed by atoms with van der Waals surface area (Å²) in [5.41, 5.74) is 5.09. The van der Waals surface area contributed by atoms with E-state index in [1.54, 1.807) is 0 Å². The van der Waals surface area contributed by atoms with Crippen molar-refractivity contribution in [3.8, 4) is 0 Å². The maximum absolute atomic E-state index is 12.3. The van der Waals surface area contributed by atoms with E-state index in [1.807, 2.05) is 0 Å². The SMILES string of the molecule is Cc1ccc(C(C)CNC(=O)c2n[nH]c3c2CNCC3)cc1.Cl. The molecule has 0 saturated carbocycles. The molecule has 6 heteroatoms. The predicted molar refractivity (Wildman–Crippen MR) is 93.2 cm³/mol. The van der Waals surface area contributed by atoms with Gasteiger partial charge in [-0.1, -0.05) is 36.8 Å². The number of aromatic nitrogens is 2. The number of carbonyl (C=O) groups is 1. The topological polar surface area (TPSA) is 69.8 Å². The largest absolute Gasteiger partial charge is 0.350 e. The second-order valence-corrected chi connectivity index (χ2v) is 5.98. The molecule has 1 unspecified atom stereocenters. The molecule has 1 aromatic heterocycles. The maximum Gasteiger partial charge on any atom is 0.272 e. The predicted octanol–water partition coefficient (Wildman–Crippen LogP) is 2.32. The Hall–Kier alpha value is -1.85. The smallest absolute Gasteiger partial charge is 0.272 e. The van der Waals surface area contributed by atoms with Gasteiger partial charge in [0.15, 0.2) is 5.69 Å². The maximum atomic E-state index is 12.3. The summed E-state index contributed by atoms with van der Waals surface area (Å²) in [6.45, 7) is 6.44. The van der Waals surface area contributed by atoms with Crippen LogP contribution >= 0.6 is 12.4 Å². The third-order valence-corrected chi connectivity index (χ3v) is 4.24. The van der Waals surface area contributed by atoms with Crippen LogP contribution in [0.3, 0.4) is 0 Å². The lowest BCUT2D eigenvalue weighted by atomic mass is 10.00. The quantitative estimate of drug-likeness (QED) is 0.803. The van der Waals surface area contributed by atoms with E-state index in [1.165, 1.54) is 11.1 Å². The van der Waals surface area contributed by atoms with Gasteiger partial charge in [0.05, 0.1) is 0 Å². The summed E-state index contributed by atoms with van der Waals surface area (Å²) in [7, 11) is 0. The molecular weight excluding hydrogens is 312 g/mol. The lowest BCUT2D eigenvalue weighted by Gasteiger charge is -2.15. The van der Waals surface area contributed by atoms with Crippen LogP contribution in [-0.2, 0) is 13.0 Å². The minimum Gasteiger partial charge on any atom is -0.350 e. The number of hydrogen-bond donors (Lipinski definition) is 3. The van der Waals surface area contributed by atoms with E-state index in [0.29, 0.717) is 18.8 Å². The van der Waals surface area contributed by atoms with Gasteiger partial charge in [-0.3, -0.25) is 9.89 Å². The molecular formula is C17H23ClN4O. The number of carbonyl (C=O) groups excluding carboxylic acids is 1. The summed E-state index contributed by atoms with van der Waals surface area (Å²) in [4.78, 5) is 12.3. The zero-order chi connectivity index (χ0) is 15.5. The molecule has 1 aliphatic rings. The van der Waals surface area contributed by atoms with Crippen molar-refractivity contribution in [1.29, 1.82) is 0 Å². The normalized spacial score (nSPS) is 14.5. The molecule has 124 valence electrons. The van der Waals surface area contributed by atoms with Gasteiger partial charge in [0.25, 0.3) is 5.91 Å². The summed E-state index contributed by atoms with van der Waals surface area (Å²) in [5, 5.41) is 13.4. The van der Waals surface area contributed by atoms with Crippen molar-refractivity contribution >= 4 is 18.3 Å². The van der Waals surface area contributed by atoms with Crippen LogP contribution in [0.25, 0.3) is 0 Å². The highest BCUT2D eigenvalue weighted by Crippen LogP contribution is 2.17. The molecule has 3 N–H and O–H groups in total. The van der Waals surface area contributed by atoms with E-state index in [0.717, 1.165) is 24.2 Å². The number of amides is 1. The molecule has 3 rings (SSSR count). The zero-order valence-electron chi connectivity index (χ0n) is 13.5. The first-order valence-electron chi connectivity index (χ1n) is 7.76. The summed E-state index contributed by atoms with van der Waals surface area (Å²) < 4.78 is 0. The highest BCUT2D eigenvalue weighted by Gasteiger charge is 2.21. The summed E-state index contributed by atoms with van der Waals surface area (Å²) in [6, 6.07) is 8.44. The molecule has 5 nitrogen and oxygen atoms in total. The van der Waals surface area contributed by atoms with E-state index in [2.05, 4.69) is 58.9 Å². The van der Waals surface area contributed by atoms with Gasteiger partial charge in [0.2, 0.25) is 0 Å².